The van der Waals surface area contributed by atoms with Crippen LogP contribution in [0.5, 0.6) is 0 Å². The van der Waals surface area contributed by atoms with Gasteiger partial charge < -0.3 is 5.32 Å². The van der Waals surface area contributed by atoms with Gasteiger partial charge in [0.25, 0.3) is 0 Å². The van der Waals surface area contributed by atoms with Gasteiger partial charge in [-0.3, -0.25) is 0 Å². The van der Waals surface area contributed by atoms with Crippen LogP contribution in [-0.2, 0) is 6.42 Å². The smallest absolute Gasteiger partial charge is 0.142 e. The zero-order chi connectivity index (χ0) is 12.1. The van der Waals surface area contributed by atoms with E-state index in [0.717, 1.165) is 23.8 Å². The van der Waals surface area contributed by atoms with Crippen LogP contribution in [0.1, 0.15) is 15.6 Å². The van der Waals surface area contributed by atoms with Crippen molar-refractivity contribution in [2.24, 2.45) is 0 Å². The molecule has 0 aromatic carbocycles. The Kier molecular flexibility index (Phi) is 3.68. The zero-order valence-corrected chi connectivity index (χ0v) is 10.3. The van der Waals surface area contributed by atoms with E-state index in [2.05, 4.69) is 15.3 Å². The highest BCUT2D eigenvalue weighted by atomic mass is 32.1. The van der Waals surface area contributed by atoms with Crippen molar-refractivity contribution < 1.29 is 0 Å². The molecule has 4 nitrogen and oxygen atoms in total. The van der Waals surface area contributed by atoms with Crippen molar-refractivity contribution in [3.8, 4) is 6.07 Å². The monoisotopic (exact) mass is 244 g/mol. The van der Waals surface area contributed by atoms with Gasteiger partial charge >= 0.3 is 0 Å². The van der Waals surface area contributed by atoms with Gasteiger partial charge in [-0.15, -0.1) is 11.3 Å². The molecule has 5 heteroatoms. The molecule has 2 aromatic rings. The van der Waals surface area contributed by atoms with Crippen molar-refractivity contribution in [2.75, 3.05) is 11.9 Å². The predicted molar refractivity (Wildman–Crippen MR) is 68.0 cm³/mol. The van der Waals surface area contributed by atoms with Crippen molar-refractivity contribution in [1.82, 2.24) is 9.97 Å². The number of hydrogen-bond donors (Lipinski definition) is 1. The van der Waals surface area contributed by atoms with Crippen molar-refractivity contribution in [3.05, 3.63) is 40.0 Å². The van der Waals surface area contributed by atoms with E-state index in [-0.39, 0.29) is 0 Å². The molecule has 0 saturated heterocycles. The Hall–Kier alpha value is -1.93. The van der Waals surface area contributed by atoms with E-state index in [1.165, 1.54) is 4.88 Å². The maximum absolute atomic E-state index is 8.72. The molecule has 0 bridgehead atoms. The van der Waals surface area contributed by atoms with Crippen LogP contribution in [0.25, 0.3) is 0 Å². The van der Waals surface area contributed by atoms with E-state index in [0.29, 0.717) is 5.69 Å². The van der Waals surface area contributed by atoms with Crippen LogP contribution in [-0.4, -0.2) is 16.5 Å². The summed E-state index contributed by atoms with van der Waals surface area (Å²) in [5.74, 6) is 0.734. The molecule has 2 rings (SSSR count). The average molecular weight is 244 g/mol. The Balaban J connectivity index is 1.88. The number of nitrogens with one attached hydrogen (secondary N) is 1. The Morgan fingerprint density at radius 2 is 2.35 bits per heavy atom. The first kappa shape index (κ1) is 11.6. The number of anilines is 1. The van der Waals surface area contributed by atoms with Crippen molar-refractivity contribution in [1.29, 1.82) is 5.26 Å². The fourth-order valence-electron chi connectivity index (χ4n) is 1.41. The van der Waals surface area contributed by atoms with Crippen LogP contribution < -0.4 is 5.32 Å². The fraction of sp³-hybridized carbons (Fsp3) is 0.250. The summed E-state index contributed by atoms with van der Waals surface area (Å²) in [7, 11) is 0. The first-order chi connectivity index (χ1) is 8.28. The zero-order valence-electron chi connectivity index (χ0n) is 9.47. The van der Waals surface area contributed by atoms with E-state index < -0.39 is 0 Å². The van der Waals surface area contributed by atoms with E-state index in [4.69, 9.17) is 5.26 Å². The molecular formula is C12H12N4S. The molecule has 2 aromatic heterocycles. The molecule has 17 heavy (non-hydrogen) atoms. The number of pyridine rings is 1. The molecule has 0 fully saturated rings. The summed E-state index contributed by atoms with van der Waals surface area (Å²) in [6.07, 6.45) is 2.76. The highest BCUT2D eigenvalue weighted by Crippen LogP contribution is 2.12. The SMILES string of the molecule is Cc1cnc(CCNc2cccc(C#N)n2)s1. The fourth-order valence-corrected chi connectivity index (χ4v) is 2.20. The highest BCUT2D eigenvalue weighted by Gasteiger charge is 1.99. The van der Waals surface area contributed by atoms with Gasteiger partial charge in [0.1, 0.15) is 17.6 Å². The number of nitriles is 1. The second kappa shape index (κ2) is 5.41. The van der Waals surface area contributed by atoms with Gasteiger partial charge in [-0.2, -0.15) is 5.26 Å². The molecule has 1 N–H and O–H groups in total. The summed E-state index contributed by atoms with van der Waals surface area (Å²) in [4.78, 5) is 9.65. The van der Waals surface area contributed by atoms with Gasteiger partial charge in [0.15, 0.2) is 0 Å². The molecule has 0 amide bonds. The molecule has 0 atom stereocenters. The van der Waals surface area contributed by atoms with Gasteiger partial charge in [0.05, 0.1) is 5.01 Å². The molecule has 0 aliphatic carbocycles. The standard InChI is InChI=1S/C12H12N4S/c1-9-8-15-12(17-9)5-6-14-11-4-2-3-10(7-13)16-11/h2-4,8H,5-6H2,1H3,(H,14,16). The molecule has 0 saturated carbocycles. The highest BCUT2D eigenvalue weighted by molar-refractivity contribution is 7.11. The van der Waals surface area contributed by atoms with Gasteiger partial charge in [-0.25, -0.2) is 9.97 Å². The minimum atomic E-state index is 0.431. The third kappa shape index (κ3) is 3.26. The molecule has 0 spiro atoms. The number of nitrogens with zero attached hydrogens (tertiary/aromatic N) is 3. The van der Waals surface area contributed by atoms with Crippen LogP contribution in [0, 0.1) is 18.3 Å². The Morgan fingerprint density at radius 3 is 3.06 bits per heavy atom. The number of rotatable bonds is 4. The van der Waals surface area contributed by atoms with E-state index in [1.54, 1.807) is 17.4 Å². The Morgan fingerprint density at radius 1 is 1.47 bits per heavy atom. The lowest BCUT2D eigenvalue weighted by atomic mass is 10.3. The molecule has 0 radical (unpaired) electrons. The summed E-state index contributed by atoms with van der Waals surface area (Å²) < 4.78 is 0. The second-order valence-corrected chi connectivity index (χ2v) is 4.88. The van der Waals surface area contributed by atoms with Crippen LogP contribution in [0.2, 0.25) is 0 Å². The van der Waals surface area contributed by atoms with Crippen molar-refractivity contribution in [3.63, 3.8) is 0 Å². The Labute approximate surface area is 104 Å². The molecular weight excluding hydrogens is 232 g/mol. The molecule has 2 heterocycles. The van der Waals surface area contributed by atoms with Gasteiger partial charge in [0.2, 0.25) is 0 Å². The van der Waals surface area contributed by atoms with Crippen molar-refractivity contribution >= 4 is 17.2 Å². The number of hydrogen-bond acceptors (Lipinski definition) is 5. The van der Waals surface area contributed by atoms with E-state index >= 15 is 0 Å². The normalized spacial score (nSPS) is 9.88. The van der Waals surface area contributed by atoms with Crippen LogP contribution >= 0.6 is 11.3 Å². The lowest BCUT2D eigenvalue weighted by molar-refractivity contribution is 0.986. The molecule has 0 aliphatic rings. The van der Waals surface area contributed by atoms with E-state index in [1.807, 2.05) is 31.3 Å². The van der Waals surface area contributed by atoms with Gasteiger partial charge in [-0.05, 0) is 19.1 Å². The van der Waals surface area contributed by atoms with Crippen LogP contribution in [0.4, 0.5) is 5.82 Å². The second-order valence-electron chi connectivity index (χ2n) is 3.56. The first-order valence-electron chi connectivity index (χ1n) is 5.30. The summed E-state index contributed by atoms with van der Waals surface area (Å²) in [5, 5.41) is 13.0. The first-order valence-corrected chi connectivity index (χ1v) is 6.12. The lowest BCUT2D eigenvalue weighted by Gasteiger charge is -2.03. The topological polar surface area (TPSA) is 61.6 Å². The number of aromatic nitrogens is 2. The average Bonchev–Trinajstić information content (AvgIpc) is 2.75. The quantitative estimate of drug-likeness (QED) is 0.897. The van der Waals surface area contributed by atoms with Crippen molar-refractivity contribution in [2.45, 2.75) is 13.3 Å². The molecule has 0 aliphatic heterocycles. The summed E-state index contributed by atoms with van der Waals surface area (Å²) in [6, 6.07) is 7.38. The minimum absolute atomic E-state index is 0.431. The number of aryl methyl sites for hydroxylation is 1. The summed E-state index contributed by atoms with van der Waals surface area (Å²) in [5.41, 5.74) is 0.431. The third-order valence-corrected chi connectivity index (χ3v) is 3.15. The maximum atomic E-state index is 8.72. The summed E-state index contributed by atoms with van der Waals surface area (Å²) >= 11 is 1.71. The van der Waals surface area contributed by atoms with Crippen LogP contribution in [0.15, 0.2) is 24.4 Å². The number of thiazole rings is 1. The van der Waals surface area contributed by atoms with Gasteiger partial charge in [0, 0.05) is 24.0 Å². The summed E-state index contributed by atoms with van der Waals surface area (Å²) in [6.45, 7) is 2.82. The molecule has 0 unspecified atom stereocenters. The lowest BCUT2D eigenvalue weighted by Crippen LogP contribution is -2.06. The van der Waals surface area contributed by atoms with Gasteiger partial charge in [-0.1, -0.05) is 6.07 Å². The predicted octanol–water partition coefficient (Wildman–Crippen LogP) is 2.37. The Bertz CT molecular complexity index is 541. The largest absolute Gasteiger partial charge is 0.370 e. The minimum Gasteiger partial charge on any atom is -0.370 e. The van der Waals surface area contributed by atoms with Crippen LogP contribution in [0.3, 0.4) is 0 Å². The van der Waals surface area contributed by atoms with E-state index in [9.17, 15) is 0 Å². The molecule has 86 valence electrons. The maximum Gasteiger partial charge on any atom is 0.142 e. The third-order valence-electron chi connectivity index (χ3n) is 2.18.